The molecule has 0 bridgehead atoms. The van der Waals surface area contributed by atoms with Crippen LogP contribution in [0.3, 0.4) is 0 Å². The highest BCUT2D eigenvalue weighted by Crippen LogP contribution is 2.15. The molecule has 104 valence electrons. The SMILES string of the molecule is CC(C)(CCCCC=O)NC(=O)c1cc(Cl)ccn1. The van der Waals surface area contributed by atoms with E-state index < -0.39 is 0 Å². The molecule has 0 aromatic carbocycles. The van der Waals surface area contributed by atoms with Gasteiger partial charge in [-0.3, -0.25) is 9.78 Å². The lowest BCUT2D eigenvalue weighted by Crippen LogP contribution is -2.43. The van der Waals surface area contributed by atoms with Gasteiger partial charge in [-0.2, -0.15) is 0 Å². The third-order valence-corrected chi connectivity index (χ3v) is 3.02. The van der Waals surface area contributed by atoms with E-state index in [1.807, 2.05) is 13.8 Å². The maximum absolute atomic E-state index is 12.0. The smallest absolute Gasteiger partial charge is 0.270 e. The summed E-state index contributed by atoms with van der Waals surface area (Å²) in [7, 11) is 0. The number of hydrogen-bond donors (Lipinski definition) is 1. The maximum Gasteiger partial charge on any atom is 0.270 e. The fourth-order valence-corrected chi connectivity index (χ4v) is 1.92. The first kappa shape index (κ1) is 15.6. The van der Waals surface area contributed by atoms with E-state index in [0.717, 1.165) is 25.5 Å². The van der Waals surface area contributed by atoms with Crippen molar-refractivity contribution in [3.8, 4) is 0 Å². The molecule has 19 heavy (non-hydrogen) atoms. The number of nitrogens with zero attached hydrogens (tertiary/aromatic N) is 1. The van der Waals surface area contributed by atoms with Gasteiger partial charge in [-0.05, 0) is 38.8 Å². The lowest BCUT2D eigenvalue weighted by Gasteiger charge is -2.26. The first-order valence-electron chi connectivity index (χ1n) is 6.32. The van der Waals surface area contributed by atoms with Crippen LogP contribution in [0.15, 0.2) is 18.3 Å². The first-order valence-corrected chi connectivity index (χ1v) is 6.70. The Morgan fingerprint density at radius 3 is 2.84 bits per heavy atom. The van der Waals surface area contributed by atoms with Crippen molar-refractivity contribution in [1.29, 1.82) is 0 Å². The molecule has 1 N–H and O–H groups in total. The number of hydrogen-bond acceptors (Lipinski definition) is 3. The van der Waals surface area contributed by atoms with Gasteiger partial charge in [0.2, 0.25) is 0 Å². The van der Waals surface area contributed by atoms with Crippen LogP contribution in [0.25, 0.3) is 0 Å². The molecule has 0 aliphatic carbocycles. The maximum atomic E-state index is 12.0. The fourth-order valence-electron chi connectivity index (χ4n) is 1.76. The summed E-state index contributed by atoms with van der Waals surface area (Å²) in [4.78, 5) is 26.2. The van der Waals surface area contributed by atoms with Crippen molar-refractivity contribution in [1.82, 2.24) is 10.3 Å². The average Bonchev–Trinajstić information content (AvgIpc) is 2.34. The van der Waals surface area contributed by atoms with E-state index in [2.05, 4.69) is 10.3 Å². The van der Waals surface area contributed by atoms with Gasteiger partial charge in [-0.15, -0.1) is 0 Å². The molecule has 0 saturated heterocycles. The van der Waals surface area contributed by atoms with Crippen molar-refractivity contribution in [2.24, 2.45) is 0 Å². The number of carbonyl (C=O) groups is 2. The molecule has 0 radical (unpaired) electrons. The largest absolute Gasteiger partial charge is 0.346 e. The van der Waals surface area contributed by atoms with Crippen molar-refractivity contribution in [2.45, 2.75) is 45.1 Å². The molecular weight excluding hydrogens is 264 g/mol. The number of carbonyl (C=O) groups excluding carboxylic acids is 2. The van der Waals surface area contributed by atoms with Crippen LogP contribution < -0.4 is 5.32 Å². The molecule has 4 nitrogen and oxygen atoms in total. The van der Waals surface area contributed by atoms with Crippen molar-refractivity contribution in [2.75, 3.05) is 0 Å². The van der Waals surface area contributed by atoms with Crippen molar-refractivity contribution in [3.05, 3.63) is 29.0 Å². The first-order chi connectivity index (χ1) is 8.94. The molecule has 5 heteroatoms. The third-order valence-electron chi connectivity index (χ3n) is 2.78. The number of aromatic nitrogens is 1. The van der Waals surface area contributed by atoms with E-state index in [4.69, 9.17) is 11.6 Å². The summed E-state index contributed by atoms with van der Waals surface area (Å²) >= 11 is 5.83. The van der Waals surface area contributed by atoms with Crippen LogP contribution in [-0.4, -0.2) is 22.7 Å². The summed E-state index contributed by atoms with van der Waals surface area (Å²) in [5, 5.41) is 3.42. The van der Waals surface area contributed by atoms with E-state index in [1.54, 1.807) is 12.1 Å². The molecule has 0 spiro atoms. The summed E-state index contributed by atoms with van der Waals surface area (Å²) < 4.78 is 0. The molecule has 1 amide bonds. The van der Waals surface area contributed by atoms with E-state index in [9.17, 15) is 9.59 Å². The van der Waals surface area contributed by atoms with Crippen molar-refractivity contribution in [3.63, 3.8) is 0 Å². The van der Waals surface area contributed by atoms with Crippen molar-refractivity contribution < 1.29 is 9.59 Å². The number of nitrogens with one attached hydrogen (secondary N) is 1. The third kappa shape index (κ3) is 5.83. The Morgan fingerprint density at radius 2 is 2.21 bits per heavy atom. The fraction of sp³-hybridized carbons (Fsp3) is 0.500. The molecule has 1 aromatic rings. The zero-order valence-corrected chi connectivity index (χ0v) is 12.0. The molecule has 0 atom stereocenters. The van der Waals surface area contributed by atoms with E-state index in [0.29, 0.717) is 17.1 Å². The van der Waals surface area contributed by atoms with E-state index >= 15 is 0 Å². The monoisotopic (exact) mass is 282 g/mol. The Labute approximate surface area is 118 Å². The molecule has 0 fully saturated rings. The summed E-state index contributed by atoms with van der Waals surface area (Å²) in [5.74, 6) is -0.233. The lowest BCUT2D eigenvalue weighted by molar-refractivity contribution is -0.107. The van der Waals surface area contributed by atoms with Gasteiger partial charge >= 0.3 is 0 Å². The molecule has 0 aliphatic heterocycles. The second kappa shape index (κ2) is 7.24. The van der Waals surface area contributed by atoms with Gasteiger partial charge < -0.3 is 10.1 Å². The van der Waals surface area contributed by atoms with Crippen LogP contribution in [0.5, 0.6) is 0 Å². The zero-order chi connectivity index (χ0) is 14.3. The molecule has 1 rings (SSSR count). The minimum absolute atomic E-state index is 0.233. The van der Waals surface area contributed by atoms with Gasteiger partial charge in [0.05, 0.1) is 0 Å². The molecule has 0 saturated carbocycles. The summed E-state index contributed by atoms with van der Waals surface area (Å²) in [6, 6.07) is 3.17. The summed E-state index contributed by atoms with van der Waals surface area (Å²) in [6.07, 6.45) is 5.55. The van der Waals surface area contributed by atoms with Crippen LogP contribution >= 0.6 is 11.6 Å². The Hall–Kier alpha value is -1.42. The highest BCUT2D eigenvalue weighted by atomic mass is 35.5. The second-order valence-corrected chi connectivity index (χ2v) is 5.55. The Morgan fingerprint density at radius 1 is 1.47 bits per heavy atom. The molecule has 0 unspecified atom stereocenters. The van der Waals surface area contributed by atoms with Gasteiger partial charge in [-0.25, -0.2) is 0 Å². The zero-order valence-electron chi connectivity index (χ0n) is 11.3. The predicted molar refractivity (Wildman–Crippen MR) is 75.3 cm³/mol. The second-order valence-electron chi connectivity index (χ2n) is 5.11. The highest BCUT2D eigenvalue weighted by molar-refractivity contribution is 6.30. The average molecular weight is 283 g/mol. The number of pyridine rings is 1. The predicted octanol–water partition coefficient (Wildman–Crippen LogP) is 3.00. The van der Waals surface area contributed by atoms with Crippen molar-refractivity contribution >= 4 is 23.8 Å². The van der Waals surface area contributed by atoms with Gasteiger partial charge in [0, 0.05) is 23.2 Å². The number of halogens is 1. The van der Waals surface area contributed by atoms with E-state index in [-0.39, 0.29) is 11.4 Å². The number of aldehydes is 1. The molecular formula is C14H19ClN2O2. The summed E-state index contributed by atoms with van der Waals surface area (Å²) in [6.45, 7) is 3.91. The molecule has 0 aliphatic rings. The molecule has 1 heterocycles. The molecule has 1 aromatic heterocycles. The number of unbranched alkanes of at least 4 members (excludes halogenated alkanes) is 2. The van der Waals surface area contributed by atoms with Gasteiger partial charge in [-0.1, -0.05) is 18.0 Å². The van der Waals surface area contributed by atoms with Crippen LogP contribution in [0.2, 0.25) is 5.02 Å². The van der Waals surface area contributed by atoms with Crippen LogP contribution in [0.1, 0.15) is 50.0 Å². The number of amides is 1. The lowest BCUT2D eigenvalue weighted by atomic mass is 9.96. The normalized spacial score (nSPS) is 11.1. The minimum atomic E-state index is -0.329. The quantitative estimate of drug-likeness (QED) is 0.618. The van der Waals surface area contributed by atoms with Gasteiger partial charge in [0.25, 0.3) is 5.91 Å². The van der Waals surface area contributed by atoms with Gasteiger partial charge in [0.1, 0.15) is 12.0 Å². The Balaban J connectivity index is 2.52. The highest BCUT2D eigenvalue weighted by Gasteiger charge is 2.21. The number of rotatable bonds is 7. The van der Waals surface area contributed by atoms with Crippen LogP contribution in [-0.2, 0) is 4.79 Å². The van der Waals surface area contributed by atoms with E-state index in [1.165, 1.54) is 6.20 Å². The standard InChI is InChI=1S/C14H19ClN2O2/c1-14(2,7-4-3-5-9-18)17-13(19)12-10-11(15)6-8-16-12/h6,8-10H,3-5,7H2,1-2H3,(H,17,19). The Bertz CT molecular complexity index is 447. The van der Waals surface area contributed by atoms with Crippen LogP contribution in [0.4, 0.5) is 0 Å². The summed E-state index contributed by atoms with van der Waals surface area (Å²) in [5.41, 5.74) is -0.0160. The van der Waals surface area contributed by atoms with Gasteiger partial charge in [0.15, 0.2) is 0 Å². The Kier molecular flexibility index (Phi) is 5.96. The minimum Gasteiger partial charge on any atom is -0.346 e. The van der Waals surface area contributed by atoms with Crippen LogP contribution in [0, 0.1) is 0 Å². The topological polar surface area (TPSA) is 59.1 Å².